The number of fused-ring (bicyclic) bond motifs is 1. The first-order valence-corrected chi connectivity index (χ1v) is 11.2. The maximum Gasteiger partial charge on any atom is 0.264 e. The zero-order valence-electron chi connectivity index (χ0n) is 16.3. The Morgan fingerprint density at radius 2 is 1.59 bits per heavy atom. The lowest BCUT2D eigenvalue weighted by Gasteiger charge is -2.27. The molecule has 1 aliphatic heterocycles. The molecule has 0 aromatic heterocycles. The minimum Gasteiger partial charge on any atom is -0.294 e. The first kappa shape index (κ1) is 19.4. The minimum absolute atomic E-state index is 0.0363. The number of sulfonamides is 1. The Balaban J connectivity index is 1.63. The van der Waals surface area contributed by atoms with E-state index in [1.165, 1.54) is 4.31 Å². The highest BCUT2D eigenvalue weighted by atomic mass is 32.2. The highest BCUT2D eigenvalue weighted by Gasteiger charge is 2.38. The topological polar surface area (TPSA) is 54.5 Å². The summed E-state index contributed by atoms with van der Waals surface area (Å²) in [6, 6.07) is 23.4. The summed E-state index contributed by atoms with van der Waals surface area (Å²) in [6.45, 7) is 1.93. The molecule has 3 aromatic rings. The molecule has 29 heavy (non-hydrogen) atoms. The summed E-state index contributed by atoms with van der Waals surface area (Å²) >= 11 is 0. The number of para-hydroxylation sites is 1. The molecule has 0 saturated heterocycles. The van der Waals surface area contributed by atoms with Gasteiger partial charge in [0.1, 0.15) is 0 Å². The number of nitrogens with zero attached hydrogens (tertiary/aromatic N) is 1. The van der Waals surface area contributed by atoms with Crippen LogP contribution in [0.3, 0.4) is 0 Å². The minimum atomic E-state index is -3.71. The van der Waals surface area contributed by atoms with Crippen LogP contribution in [0.4, 0.5) is 5.69 Å². The molecule has 1 atom stereocenters. The maximum absolute atomic E-state index is 13.5. The summed E-state index contributed by atoms with van der Waals surface area (Å²) in [5.74, 6) is 0.0363. The van der Waals surface area contributed by atoms with Crippen LogP contribution >= 0.6 is 0 Å². The normalized spacial score (nSPS) is 15.9. The molecule has 4 nitrogen and oxygen atoms in total. The molecule has 148 valence electrons. The number of aryl methyl sites for hydroxylation is 1. The van der Waals surface area contributed by atoms with Crippen molar-refractivity contribution in [3.63, 3.8) is 0 Å². The Morgan fingerprint density at radius 1 is 0.931 bits per heavy atom. The first-order valence-electron chi connectivity index (χ1n) is 9.74. The third-order valence-corrected chi connectivity index (χ3v) is 7.28. The number of rotatable bonds is 6. The van der Waals surface area contributed by atoms with Crippen molar-refractivity contribution in [3.05, 3.63) is 95.6 Å². The quantitative estimate of drug-likeness (QED) is 0.555. The SMILES string of the molecule is Cc1ccc(S(=O)(=O)N2c3ccccc3C[C@@H]2CCC(=O)c2ccccc2)cc1. The second-order valence-electron chi connectivity index (χ2n) is 7.43. The fourth-order valence-corrected chi connectivity index (χ4v) is 5.58. The van der Waals surface area contributed by atoms with E-state index in [2.05, 4.69) is 0 Å². The van der Waals surface area contributed by atoms with Gasteiger partial charge in [0.15, 0.2) is 5.78 Å². The average Bonchev–Trinajstić information content (AvgIpc) is 3.12. The summed E-state index contributed by atoms with van der Waals surface area (Å²) in [7, 11) is -3.71. The van der Waals surface area contributed by atoms with Crippen molar-refractivity contribution in [2.75, 3.05) is 4.31 Å². The standard InChI is InChI=1S/C24H23NO3S/c1-18-11-14-22(15-12-18)29(27,28)25-21(17-20-9-5-6-10-23(20)25)13-16-24(26)19-7-3-2-4-8-19/h2-12,14-15,21H,13,16-17H2,1H3/t21-/m0/s1. The van der Waals surface area contributed by atoms with Crippen LogP contribution in [-0.4, -0.2) is 20.2 Å². The highest BCUT2D eigenvalue weighted by molar-refractivity contribution is 7.92. The maximum atomic E-state index is 13.5. The number of Topliss-reactive ketones (excluding diaryl/α,β-unsaturated/α-hetero) is 1. The van der Waals surface area contributed by atoms with Crippen molar-refractivity contribution < 1.29 is 13.2 Å². The van der Waals surface area contributed by atoms with Gasteiger partial charge >= 0.3 is 0 Å². The van der Waals surface area contributed by atoms with Gasteiger partial charge in [0.25, 0.3) is 10.0 Å². The van der Waals surface area contributed by atoms with E-state index in [-0.39, 0.29) is 16.7 Å². The predicted octanol–water partition coefficient (Wildman–Crippen LogP) is 4.78. The van der Waals surface area contributed by atoms with E-state index in [1.807, 2.05) is 61.5 Å². The number of hydrogen-bond acceptors (Lipinski definition) is 3. The van der Waals surface area contributed by atoms with Crippen molar-refractivity contribution >= 4 is 21.5 Å². The van der Waals surface area contributed by atoms with E-state index >= 15 is 0 Å². The lowest BCUT2D eigenvalue weighted by atomic mass is 10.0. The molecule has 0 amide bonds. The fraction of sp³-hybridized carbons (Fsp3) is 0.208. The van der Waals surface area contributed by atoms with Gasteiger partial charge in [-0.2, -0.15) is 0 Å². The van der Waals surface area contributed by atoms with E-state index in [9.17, 15) is 13.2 Å². The van der Waals surface area contributed by atoms with Crippen molar-refractivity contribution in [2.24, 2.45) is 0 Å². The summed E-state index contributed by atoms with van der Waals surface area (Å²) in [5, 5.41) is 0. The van der Waals surface area contributed by atoms with E-state index in [0.29, 0.717) is 30.5 Å². The number of benzene rings is 3. The Hall–Kier alpha value is -2.92. The molecule has 0 aliphatic carbocycles. The van der Waals surface area contributed by atoms with E-state index < -0.39 is 10.0 Å². The summed E-state index contributed by atoms with van der Waals surface area (Å²) in [6.07, 6.45) is 1.40. The van der Waals surface area contributed by atoms with E-state index in [0.717, 1.165) is 11.1 Å². The van der Waals surface area contributed by atoms with Crippen molar-refractivity contribution in [2.45, 2.75) is 37.1 Å². The number of carbonyl (C=O) groups excluding carboxylic acids is 1. The van der Waals surface area contributed by atoms with Crippen LogP contribution in [0.5, 0.6) is 0 Å². The first-order chi connectivity index (χ1) is 14.0. The molecule has 0 saturated carbocycles. The van der Waals surface area contributed by atoms with Gasteiger partial charge in [-0.1, -0.05) is 66.2 Å². The van der Waals surface area contributed by atoms with Gasteiger partial charge in [0.05, 0.1) is 10.6 Å². The monoisotopic (exact) mass is 405 g/mol. The molecule has 4 rings (SSSR count). The third-order valence-electron chi connectivity index (χ3n) is 5.39. The average molecular weight is 406 g/mol. The molecule has 1 aliphatic rings. The van der Waals surface area contributed by atoms with Crippen molar-refractivity contribution in [1.29, 1.82) is 0 Å². The molecule has 0 N–H and O–H groups in total. The molecular weight excluding hydrogens is 382 g/mol. The van der Waals surface area contributed by atoms with Gasteiger partial charge in [-0.3, -0.25) is 9.10 Å². The van der Waals surface area contributed by atoms with Gasteiger partial charge in [-0.15, -0.1) is 0 Å². The number of anilines is 1. The van der Waals surface area contributed by atoms with Crippen LogP contribution in [-0.2, 0) is 16.4 Å². The molecular formula is C24H23NO3S. The van der Waals surface area contributed by atoms with Gasteiger partial charge in [0, 0.05) is 18.0 Å². The number of hydrogen-bond donors (Lipinski definition) is 0. The second-order valence-corrected chi connectivity index (χ2v) is 9.24. The van der Waals surface area contributed by atoms with Gasteiger partial charge in [-0.05, 0) is 43.5 Å². The van der Waals surface area contributed by atoms with Gasteiger partial charge in [-0.25, -0.2) is 8.42 Å². The zero-order valence-corrected chi connectivity index (χ0v) is 17.1. The van der Waals surface area contributed by atoms with Crippen LogP contribution in [0, 0.1) is 6.92 Å². The third kappa shape index (κ3) is 3.83. The number of ketones is 1. The van der Waals surface area contributed by atoms with Gasteiger partial charge < -0.3 is 0 Å². The molecule has 0 bridgehead atoms. The lowest BCUT2D eigenvalue weighted by Crippen LogP contribution is -2.38. The predicted molar refractivity (Wildman–Crippen MR) is 115 cm³/mol. The van der Waals surface area contributed by atoms with E-state index in [1.54, 1.807) is 24.3 Å². The Morgan fingerprint density at radius 3 is 2.31 bits per heavy atom. The summed E-state index contributed by atoms with van der Waals surface area (Å²) in [4.78, 5) is 12.8. The lowest BCUT2D eigenvalue weighted by molar-refractivity contribution is 0.0978. The molecule has 3 aromatic carbocycles. The molecule has 0 spiro atoms. The summed E-state index contributed by atoms with van der Waals surface area (Å²) < 4.78 is 28.5. The summed E-state index contributed by atoms with van der Waals surface area (Å²) in [5.41, 5.74) is 3.39. The molecule has 0 unspecified atom stereocenters. The van der Waals surface area contributed by atoms with Crippen LogP contribution in [0.2, 0.25) is 0 Å². The van der Waals surface area contributed by atoms with Crippen LogP contribution in [0.25, 0.3) is 0 Å². The highest BCUT2D eigenvalue weighted by Crippen LogP contribution is 2.38. The molecule has 1 heterocycles. The smallest absolute Gasteiger partial charge is 0.264 e. The second kappa shape index (κ2) is 7.84. The van der Waals surface area contributed by atoms with Gasteiger partial charge in [0.2, 0.25) is 0 Å². The van der Waals surface area contributed by atoms with Crippen LogP contribution in [0.15, 0.2) is 83.8 Å². The Labute approximate surface area is 171 Å². The van der Waals surface area contributed by atoms with Crippen molar-refractivity contribution in [3.8, 4) is 0 Å². The Kier molecular flexibility index (Phi) is 5.24. The zero-order chi connectivity index (χ0) is 20.4. The van der Waals surface area contributed by atoms with Crippen LogP contribution in [0.1, 0.15) is 34.3 Å². The number of carbonyl (C=O) groups is 1. The molecule has 5 heteroatoms. The van der Waals surface area contributed by atoms with Crippen molar-refractivity contribution in [1.82, 2.24) is 0 Å². The molecule has 0 radical (unpaired) electrons. The van der Waals surface area contributed by atoms with Crippen LogP contribution < -0.4 is 4.31 Å². The molecule has 0 fully saturated rings. The Bertz CT molecular complexity index is 1120. The fourth-order valence-electron chi connectivity index (χ4n) is 3.87. The van der Waals surface area contributed by atoms with E-state index in [4.69, 9.17) is 0 Å². The largest absolute Gasteiger partial charge is 0.294 e.